The average Bonchev–Trinajstić information content (AvgIpc) is 2.25. The van der Waals surface area contributed by atoms with E-state index >= 15 is 0 Å². The fourth-order valence-electron chi connectivity index (χ4n) is 1.03. The Morgan fingerprint density at radius 2 is 2.20 bits per heavy atom. The second-order valence-corrected chi connectivity index (χ2v) is 3.77. The molecular formula is C11H13BrN2O. The zero-order valence-electron chi connectivity index (χ0n) is 8.46. The molecule has 0 unspecified atom stereocenters. The molecule has 2 amide bonds. The van der Waals surface area contributed by atoms with Gasteiger partial charge >= 0.3 is 6.03 Å². The molecule has 1 rings (SSSR count). The van der Waals surface area contributed by atoms with Crippen LogP contribution in [0.25, 0.3) is 0 Å². The Morgan fingerprint density at radius 1 is 1.47 bits per heavy atom. The third-order valence-corrected chi connectivity index (χ3v) is 2.55. The lowest BCUT2D eigenvalue weighted by atomic mass is 10.2. The summed E-state index contributed by atoms with van der Waals surface area (Å²) in [4.78, 5) is 11.2. The number of allylic oxidation sites excluding steroid dienone is 1. The van der Waals surface area contributed by atoms with Crippen LogP contribution in [0.15, 0.2) is 41.0 Å². The van der Waals surface area contributed by atoms with Gasteiger partial charge in [-0.05, 0) is 18.6 Å². The van der Waals surface area contributed by atoms with E-state index in [1.165, 1.54) is 0 Å². The van der Waals surface area contributed by atoms with E-state index in [4.69, 9.17) is 0 Å². The molecule has 2 N–H and O–H groups in total. The molecule has 0 spiro atoms. The Morgan fingerprint density at radius 3 is 2.87 bits per heavy atom. The van der Waals surface area contributed by atoms with Crippen molar-refractivity contribution in [2.24, 2.45) is 0 Å². The average molecular weight is 269 g/mol. The lowest BCUT2D eigenvalue weighted by Crippen LogP contribution is -2.31. The molecule has 0 saturated heterocycles. The van der Waals surface area contributed by atoms with Gasteiger partial charge in [0, 0.05) is 17.2 Å². The lowest BCUT2D eigenvalue weighted by molar-refractivity contribution is 0.243. The number of urea groups is 1. The predicted molar refractivity (Wildman–Crippen MR) is 64.3 cm³/mol. The molecule has 0 saturated carbocycles. The monoisotopic (exact) mass is 268 g/mol. The summed E-state index contributed by atoms with van der Waals surface area (Å²) in [6.45, 7) is 2.35. The van der Waals surface area contributed by atoms with Gasteiger partial charge in [0.1, 0.15) is 0 Å². The van der Waals surface area contributed by atoms with E-state index < -0.39 is 0 Å². The van der Waals surface area contributed by atoms with Gasteiger partial charge < -0.3 is 10.6 Å². The molecular weight excluding hydrogens is 256 g/mol. The second-order valence-electron chi connectivity index (χ2n) is 2.92. The van der Waals surface area contributed by atoms with Crippen LogP contribution in [0.5, 0.6) is 0 Å². The van der Waals surface area contributed by atoms with Crippen LogP contribution in [-0.4, -0.2) is 6.03 Å². The normalized spacial score (nSPS) is 10.3. The van der Waals surface area contributed by atoms with Crippen LogP contribution in [0.4, 0.5) is 4.79 Å². The molecule has 0 aliphatic rings. The van der Waals surface area contributed by atoms with Crippen LogP contribution in [-0.2, 0) is 6.54 Å². The van der Waals surface area contributed by atoms with Crippen LogP contribution in [0.3, 0.4) is 0 Å². The predicted octanol–water partition coefficient (Wildman–Crippen LogP) is 2.78. The van der Waals surface area contributed by atoms with Gasteiger partial charge in [-0.25, -0.2) is 4.79 Å². The first-order chi connectivity index (χ1) is 7.24. The highest BCUT2D eigenvalue weighted by Gasteiger charge is 2.00. The van der Waals surface area contributed by atoms with Gasteiger partial charge in [-0.3, -0.25) is 0 Å². The number of rotatable bonds is 3. The molecule has 15 heavy (non-hydrogen) atoms. The molecule has 0 aromatic heterocycles. The van der Waals surface area contributed by atoms with E-state index in [0.717, 1.165) is 10.0 Å². The van der Waals surface area contributed by atoms with Gasteiger partial charge in [0.05, 0.1) is 0 Å². The van der Waals surface area contributed by atoms with Crippen molar-refractivity contribution in [3.63, 3.8) is 0 Å². The van der Waals surface area contributed by atoms with Crippen LogP contribution in [0.2, 0.25) is 0 Å². The molecule has 3 nitrogen and oxygen atoms in total. The highest BCUT2D eigenvalue weighted by Crippen LogP contribution is 2.14. The summed E-state index contributed by atoms with van der Waals surface area (Å²) in [7, 11) is 0. The third-order valence-electron chi connectivity index (χ3n) is 1.78. The van der Waals surface area contributed by atoms with E-state index in [-0.39, 0.29) is 6.03 Å². The highest BCUT2D eigenvalue weighted by atomic mass is 79.9. The van der Waals surface area contributed by atoms with Crippen LogP contribution in [0, 0.1) is 0 Å². The SMILES string of the molecule is C/C=C/NC(=O)NCc1ccccc1Br. The van der Waals surface area contributed by atoms with Gasteiger partial charge in [0.2, 0.25) is 0 Å². The summed E-state index contributed by atoms with van der Waals surface area (Å²) in [6.07, 6.45) is 3.35. The van der Waals surface area contributed by atoms with Crippen molar-refractivity contribution in [2.75, 3.05) is 0 Å². The first-order valence-corrected chi connectivity index (χ1v) is 5.42. The number of carbonyl (C=O) groups is 1. The molecule has 0 heterocycles. The number of halogens is 1. The van der Waals surface area contributed by atoms with Crippen LogP contribution in [0.1, 0.15) is 12.5 Å². The molecule has 0 aliphatic heterocycles. The topological polar surface area (TPSA) is 41.1 Å². The van der Waals surface area contributed by atoms with Crippen molar-refractivity contribution in [1.82, 2.24) is 10.6 Å². The summed E-state index contributed by atoms with van der Waals surface area (Å²) in [5, 5.41) is 5.32. The number of nitrogens with one attached hydrogen (secondary N) is 2. The standard InChI is InChI=1S/C11H13BrN2O/c1-2-7-13-11(15)14-8-9-5-3-4-6-10(9)12/h2-7H,8H2,1H3,(H2,13,14,15)/b7-2+. The van der Waals surface area contributed by atoms with Crippen molar-refractivity contribution >= 4 is 22.0 Å². The fraction of sp³-hybridized carbons (Fsp3) is 0.182. The molecule has 0 bridgehead atoms. The van der Waals surface area contributed by atoms with E-state index in [2.05, 4.69) is 26.6 Å². The maximum atomic E-state index is 11.2. The zero-order valence-corrected chi connectivity index (χ0v) is 10.0. The number of amides is 2. The molecule has 0 aliphatic carbocycles. The summed E-state index contributed by atoms with van der Waals surface area (Å²) in [6, 6.07) is 7.57. The van der Waals surface area contributed by atoms with E-state index in [9.17, 15) is 4.79 Å². The molecule has 0 fully saturated rings. The van der Waals surface area contributed by atoms with Crippen LogP contribution >= 0.6 is 15.9 Å². The summed E-state index contributed by atoms with van der Waals surface area (Å²) in [5.41, 5.74) is 1.05. The van der Waals surface area contributed by atoms with Crippen molar-refractivity contribution < 1.29 is 4.79 Å². The minimum absolute atomic E-state index is 0.205. The summed E-state index contributed by atoms with van der Waals surface area (Å²) >= 11 is 3.41. The molecule has 80 valence electrons. The molecule has 1 aromatic carbocycles. The number of hydrogen-bond donors (Lipinski definition) is 2. The van der Waals surface area contributed by atoms with E-state index in [1.54, 1.807) is 12.3 Å². The first kappa shape index (κ1) is 11.8. The van der Waals surface area contributed by atoms with E-state index in [1.807, 2.05) is 31.2 Å². The number of hydrogen-bond acceptors (Lipinski definition) is 1. The van der Waals surface area contributed by atoms with Crippen molar-refractivity contribution in [1.29, 1.82) is 0 Å². The van der Waals surface area contributed by atoms with Crippen LogP contribution < -0.4 is 10.6 Å². The maximum absolute atomic E-state index is 11.2. The van der Waals surface area contributed by atoms with Gasteiger partial charge in [0.25, 0.3) is 0 Å². The van der Waals surface area contributed by atoms with Gasteiger partial charge in [-0.1, -0.05) is 40.2 Å². The second kappa shape index (κ2) is 6.24. The van der Waals surface area contributed by atoms with Gasteiger partial charge in [-0.2, -0.15) is 0 Å². The highest BCUT2D eigenvalue weighted by molar-refractivity contribution is 9.10. The molecule has 0 radical (unpaired) electrons. The quantitative estimate of drug-likeness (QED) is 0.870. The Kier molecular flexibility index (Phi) is 4.90. The minimum Gasteiger partial charge on any atom is -0.334 e. The van der Waals surface area contributed by atoms with E-state index in [0.29, 0.717) is 6.54 Å². The van der Waals surface area contributed by atoms with Crippen molar-refractivity contribution in [2.45, 2.75) is 13.5 Å². The zero-order chi connectivity index (χ0) is 11.1. The summed E-state index contributed by atoms with van der Waals surface area (Å²) < 4.78 is 0.997. The molecule has 0 atom stereocenters. The Hall–Kier alpha value is -1.29. The Labute approximate surface area is 97.7 Å². The third kappa shape index (κ3) is 4.16. The van der Waals surface area contributed by atoms with Gasteiger partial charge in [0.15, 0.2) is 0 Å². The van der Waals surface area contributed by atoms with Gasteiger partial charge in [-0.15, -0.1) is 0 Å². The maximum Gasteiger partial charge on any atom is 0.319 e. The molecule has 1 aromatic rings. The fourth-order valence-corrected chi connectivity index (χ4v) is 1.45. The number of benzene rings is 1. The smallest absolute Gasteiger partial charge is 0.319 e. The summed E-state index contributed by atoms with van der Waals surface area (Å²) in [5.74, 6) is 0. The Balaban J connectivity index is 2.44. The van der Waals surface area contributed by atoms with Crippen molar-refractivity contribution in [3.05, 3.63) is 46.6 Å². The lowest BCUT2D eigenvalue weighted by Gasteiger charge is -2.06. The van der Waals surface area contributed by atoms with Crippen molar-refractivity contribution in [3.8, 4) is 0 Å². The Bertz CT molecular complexity index is 363. The first-order valence-electron chi connectivity index (χ1n) is 4.63. The molecule has 4 heteroatoms. The minimum atomic E-state index is -0.205. The number of carbonyl (C=O) groups excluding carboxylic acids is 1. The largest absolute Gasteiger partial charge is 0.334 e.